The van der Waals surface area contributed by atoms with E-state index in [1.165, 1.54) is 12.0 Å². The third-order valence-corrected chi connectivity index (χ3v) is 2.97. The summed E-state index contributed by atoms with van der Waals surface area (Å²) in [5.74, 6) is 0. The van der Waals surface area contributed by atoms with Gasteiger partial charge in [-0.05, 0) is 31.5 Å². The minimum atomic E-state index is 0.994. The summed E-state index contributed by atoms with van der Waals surface area (Å²) in [5, 5.41) is 3.51. The molecule has 100 valence electrons. The molecule has 2 nitrogen and oxygen atoms in total. The van der Waals surface area contributed by atoms with Gasteiger partial charge in [0.1, 0.15) is 0 Å². The Morgan fingerprint density at radius 3 is 2.61 bits per heavy atom. The van der Waals surface area contributed by atoms with Gasteiger partial charge in [-0.2, -0.15) is 0 Å². The Kier molecular flexibility index (Phi) is 8.19. The molecule has 2 heteroatoms. The molecule has 0 saturated carbocycles. The van der Waals surface area contributed by atoms with E-state index in [1.807, 2.05) is 6.08 Å². The predicted octanol–water partition coefficient (Wildman–Crippen LogP) is 2.72. The zero-order valence-electron chi connectivity index (χ0n) is 11.6. The van der Waals surface area contributed by atoms with Gasteiger partial charge < -0.3 is 5.32 Å². The van der Waals surface area contributed by atoms with Crippen LogP contribution in [-0.4, -0.2) is 37.6 Å². The molecule has 0 atom stereocenters. The highest BCUT2D eigenvalue weighted by atomic mass is 15.1. The Bertz CT molecular complexity index is 308. The smallest absolute Gasteiger partial charge is 0.0161 e. The largest absolute Gasteiger partial charge is 0.315 e. The van der Waals surface area contributed by atoms with Gasteiger partial charge in [-0.3, -0.25) is 4.90 Å². The predicted molar refractivity (Wildman–Crippen MR) is 79.9 cm³/mol. The molecule has 0 unspecified atom stereocenters. The minimum absolute atomic E-state index is 0.994. The number of hydrogen-bond acceptors (Lipinski definition) is 2. The van der Waals surface area contributed by atoms with E-state index in [1.54, 1.807) is 0 Å². The lowest BCUT2D eigenvalue weighted by atomic mass is 10.1. The maximum absolute atomic E-state index is 3.80. The van der Waals surface area contributed by atoms with Crippen molar-refractivity contribution in [2.75, 3.05) is 32.7 Å². The molecule has 0 amide bonds. The molecule has 1 rings (SSSR count). The fourth-order valence-corrected chi connectivity index (χ4v) is 2.03. The van der Waals surface area contributed by atoms with E-state index in [4.69, 9.17) is 0 Å². The number of nitrogens with one attached hydrogen (secondary N) is 1. The summed E-state index contributed by atoms with van der Waals surface area (Å²) in [6, 6.07) is 10.6. The maximum Gasteiger partial charge on any atom is 0.0161 e. The first-order valence-corrected chi connectivity index (χ1v) is 6.94. The highest BCUT2D eigenvalue weighted by Crippen LogP contribution is 1.98. The number of hydrogen-bond donors (Lipinski definition) is 1. The SMILES string of the molecule is C=CCN(CCC)CCNCCc1ccccc1. The molecule has 0 aliphatic heterocycles. The molecule has 0 saturated heterocycles. The summed E-state index contributed by atoms with van der Waals surface area (Å²) in [6.45, 7) is 11.4. The van der Waals surface area contributed by atoms with Crippen LogP contribution in [0.4, 0.5) is 0 Å². The lowest BCUT2D eigenvalue weighted by Crippen LogP contribution is -2.33. The van der Waals surface area contributed by atoms with Crippen LogP contribution in [0.15, 0.2) is 43.0 Å². The van der Waals surface area contributed by atoms with Gasteiger partial charge in [0.05, 0.1) is 0 Å². The lowest BCUT2D eigenvalue weighted by Gasteiger charge is -2.19. The molecule has 0 radical (unpaired) electrons. The molecule has 18 heavy (non-hydrogen) atoms. The molecule has 0 aliphatic rings. The Balaban J connectivity index is 2.08. The fourth-order valence-electron chi connectivity index (χ4n) is 2.03. The standard InChI is InChI=1S/C16H26N2/c1-3-13-18(14-4-2)15-12-17-11-10-16-8-6-5-7-9-16/h3,5-9,17H,1,4,10-15H2,2H3. The van der Waals surface area contributed by atoms with E-state index in [9.17, 15) is 0 Å². The van der Waals surface area contributed by atoms with Crippen LogP contribution >= 0.6 is 0 Å². The van der Waals surface area contributed by atoms with Gasteiger partial charge in [0.15, 0.2) is 0 Å². The highest BCUT2D eigenvalue weighted by Gasteiger charge is 2.00. The van der Waals surface area contributed by atoms with Crippen LogP contribution < -0.4 is 5.32 Å². The Morgan fingerprint density at radius 1 is 1.17 bits per heavy atom. The number of benzene rings is 1. The third kappa shape index (κ3) is 6.58. The van der Waals surface area contributed by atoms with Crippen molar-refractivity contribution in [3.63, 3.8) is 0 Å². The molecular formula is C16H26N2. The number of nitrogens with zero attached hydrogens (tertiary/aromatic N) is 1. The van der Waals surface area contributed by atoms with E-state index in [2.05, 4.69) is 54.1 Å². The first kappa shape index (κ1) is 14.9. The molecular weight excluding hydrogens is 220 g/mol. The summed E-state index contributed by atoms with van der Waals surface area (Å²) in [4.78, 5) is 2.43. The van der Waals surface area contributed by atoms with Crippen molar-refractivity contribution in [1.29, 1.82) is 0 Å². The van der Waals surface area contributed by atoms with E-state index in [0.717, 1.165) is 39.1 Å². The Hall–Kier alpha value is -1.12. The van der Waals surface area contributed by atoms with Gasteiger partial charge in [0, 0.05) is 19.6 Å². The topological polar surface area (TPSA) is 15.3 Å². The van der Waals surface area contributed by atoms with Crippen LogP contribution in [0.2, 0.25) is 0 Å². The first-order valence-electron chi connectivity index (χ1n) is 6.94. The molecule has 0 aliphatic carbocycles. The van der Waals surface area contributed by atoms with Crippen LogP contribution in [0.3, 0.4) is 0 Å². The van der Waals surface area contributed by atoms with Crippen molar-refractivity contribution in [2.24, 2.45) is 0 Å². The van der Waals surface area contributed by atoms with Gasteiger partial charge in [-0.25, -0.2) is 0 Å². The summed E-state index contributed by atoms with van der Waals surface area (Å²) in [6.07, 6.45) is 4.30. The zero-order chi connectivity index (χ0) is 13.1. The average Bonchev–Trinajstić information content (AvgIpc) is 2.40. The van der Waals surface area contributed by atoms with Gasteiger partial charge in [-0.15, -0.1) is 6.58 Å². The van der Waals surface area contributed by atoms with Crippen LogP contribution in [0.25, 0.3) is 0 Å². The second-order valence-electron chi connectivity index (χ2n) is 4.57. The number of rotatable bonds is 10. The summed E-state index contributed by atoms with van der Waals surface area (Å²) in [7, 11) is 0. The maximum atomic E-state index is 3.80. The molecule has 0 fully saturated rings. The van der Waals surface area contributed by atoms with Gasteiger partial charge in [-0.1, -0.05) is 43.3 Å². The van der Waals surface area contributed by atoms with E-state index in [0.29, 0.717) is 0 Å². The van der Waals surface area contributed by atoms with Crippen molar-refractivity contribution >= 4 is 0 Å². The summed E-state index contributed by atoms with van der Waals surface area (Å²) >= 11 is 0. The van der Waals surface area contributed by atoms with E-state index in [-0.39, 0.29) is 0 Å². The van der Waals surface area contributed by atoms with Crippen LogP contribution in [0.5, 0.6) is 0 Å². The first-order chi connectivity index (χ1) is 8.86. The quantitative estimate of drug-likeness (QED) is 0.504. The van der Waals surface area contributed by atoms with Crippen molar-refractivity contribution in [1.82, 2.24) is 10.2 Å². The second-order valence-corrected chi connectivity index (χ2v) is 4.57. The van der Waals surface area contributed by atoms with Gasteiger partial charge in [0.2, 0.25) is 0 Å². The molecule has 0 bridgehead atoms. The lowest BCUT2D eigenvalue weighted by molar-refractivity contribution is 0.302. The van der Waals surface area contributed by atoms with Crippen LogP contribution in [-0.2, 0) is 6.42 Å². The van der Waals surface area contributed by atoms with Crippen molar-refractivity contribution in [3.05, 3.63) is 48.6 Å². The monoisotopic (exact) mass is 246 g/mol. The molecule has 0 heterocycles. The Labute approximate surface area is 112 Å². The van der Waals surface area contributed by atoms with E-state index >= 15 is 0 Å². The highest BCUT2D eigenvalue weighted by molar-refractivity contribution is 5.14. The molecule has 0 spiro atoms. The van der Waals surface area contributed by atoms with Gasteiger partial charge >= 0.3 is 0 Å². The third-order valence-electron chi connectivity index (χ3n) is 2.97. The normalized spacial score (nSPS) is 10.8. The van der Waals surface area contributed by atoms with Crippen LogP contribution in [0.1, 0.15) is 18.9 Å². The second kappa shape index (κ2) is 9.86. The zero-order valence-corrected chi connectivity index (χ0v) is 11.6. The van der Waals surface area contributed by atoms with Crippen molar-refractivity contribution in [3.8, 4) is 0 Å². The Morgan fingerprint density at radius 2 is 1.94 bits per heavy atom. The molecule has 0 aromatic heterocycles. The molecule has 1 N–H and O–H groups in total. The van der Waals surface area contributed by atoms with Gasteiger partial charge in [0.25, 0.3) is 0 Å². The minimum Gasteiger partial charge on any atom is -0.315 e. The fraction of sp³-hybridized carbons (Fsp3) is 0.500. The van der Waals surface area contributed by atoms with Crippen molar-refractivity contribution in [2.45, 2.75) is 19.8 Å². The summed E-state index contributed by atoms with van der Waals surface area (Å²) in [5.41, 5.74) is 1.40. The van der Waals surface area contributed by atoms with Crippen molar-refractivity contribution < 1.29 is 0 Å². The molecule has 1 aromatic rings. The van der Waals surface area contributed by atoms with E-state index < -0.39 is 0 Å². The summed E-state index contributed by atoms with van der Waals surface area (Å²) < 4.78 is 0. The average molecular weight is 246 g/mol. The van der Waals surface area contributed by atoms with Crippen LogP contribution in [0, 0.1) is 0 Å². The molecule has 1 aromatic carbocycles.